The normalized spacial score (nSPS) is 23.0. The first-order valence-corrected chi connectivity index (χ1v) is 8.94. The lowest BCUT2D eigenvalue weighted by Gasteiger charge is -2.36. The third-order valence-electron chi connectivity index (χ3n) is 5.22. The highest BCUT2D eigenvalue weighted by molar-refractivity contribution is 6.31. The molecule has 2 amide bonds. The molecule has 2 aliphatic heterocycles. The van der Waals surface area contributed by atoms with Crippen LogP contribution in [-0.4, -0.2) is 34.4 Å². The molecule has 1 aromatic heterocycles. The van der Waals surface area contributed by atoms with E-state index >= 15 is 0 Å². The first kappa shape index (κ1) is 16.2. The van der Waals surface area contributed by atoms with Crippen molar-refractivity contribution in [2.24, 2.45) is 5.92 Å². The molecular weight excluding hydrogens is 338 g/mol. The number of benzene rings is 1. The first-order valence-electron chi connectivity index (χ1n) is 8.56. The number of hydrogen-bond donors (Lipinski definition) is 0. The van der Waals surface area contributed by atoms with Gasteiger partial charge in [0.1, 0.15) is 0 Å². The van der Waals surface area contributed by atoms with Gasteiger partial charge < -0.3 is 14.4 Å². The lowest BCUT2D eigenvalue weighted by molar-refractivity contribution is -0.139. The Morgan fingerprint density at radius 1 is 1.20 bits per heavy atom. The van der Waals surface area contributed by atoms with E-state index in [1.807, 2.05) is 29.3 Å². The molecule has 2 atom stereocenters. The Morgan fingerprint density at radius 3 is 2.84 bits per heavy atom. The molecule has 0 radical (unpaired) electrons. The molecule has 1 fully saturated rings. The van der Waals surface area contributed by atoms with Crippen LogP contribution in [0.4, 0.5) is 5.69 Å². The van der Waals surface area contributed by atoms with E-state index in [1.54, 1.807) is 17.0 Å². The molecule has 0 bridgehead atoms. The summed E-state index contributed by atoms with van der Waals surface area (Å²) in [5.41, 5.74) is 1.91. The molecule has 1 aromatic carbocycles. The van der Waals surface area contributed by atoms with Gasteiger partial charge in [-0.05, 0) is 37.3 Å². The lowest BCUT2D eigenvalue weighted by atomic mass is 10.0. The molecule has 0 spiro atoms. The monoisotopic (exact) mass is 357 g/mol. The van der Waals surface area contributed by atoms with Crippen LogP contribution in [0.5, 0.6) is 0 Å². The Labute approximate surface area is 151 Å². The molecule has 3 heterocycles. The van der Waals surface area contributed by atoms with E-state index in [0.717, 1.165) is 17.9 Å². The highest BCUT2D eigenvalue weighted by Crippen LogP contribution is 2.32. The van der Waals surface area contributed by atoms with Gasteiger partial charge in [-0.1, -0.05) is 17.7 Å². The third-order valence-corrected chi connectivity index (χ3v) is 5.45. The molecule has 5 nitrogen and oxygen atoms in total. The fourth-order valence-electron chi connectivity index (χ4n) is 3.88. The molecule has 4 rings (SSSR count). The smallest absolute Gasteiger partial charge is 0.228 e. The fourth-order valence-corrected chi connectivity index (χ4v) is 4.07. The highest BCUT2D eigenvalue weighted by Gasteiger charge is 2.39. The minimum Gasteiger partial charge on any atom is -0.348 e. The number of aromatic nitrogens is 1. The van der Waals surface area contributed by atoms with Crippen molar-refractivity contribution in [2.45, 2.75) is 25.9 Å². The summed E-state index contributed by atoms with van der Waals surface area (Å²) in [5.74, 6) is -0.248. The van der Waals surface area contributed by atoms with E-state index in [0.29, 0.717) is 18.1 Å². The Morgan fingerprint density at radius 2 is 2.04 bits per heavy atom. The number of carbonyl (C=O) groups is 2. The predicted octanol–water partition coefficient (Wildman–Crippen LogP) is 3.10. The second-order valence-corrected chi connectivity index (χ2v) is 7.16. The number of halogens is 1. The molecule has 6 heteroatoms. The molecule has 2 aromatic rings. The van der Waals surface area contributed by atoms with E-state index in [1.165, 1.54) is 0 Å². The van der Waals surface area contributed by atoms with Crippen molar-refractivity contribution < 1.29 is 9.59 Å². The largest absolute Gasteiger partial charge is 0.348 e. The first-order chi connectivity index (χ1) is 12.0. The van der Waals surface area contributed by atoms with Gasteiger partial charge in [0.15, 0.2) is 0 Å². The van der Waals surface area contributed by atoms with Gasteiger partial charge in [-0.25, -0.2) is 0 Å². The number of fused-ring (bicyclic) bond motifs is 1. The second-order valence-electron chi connectivity index (χ2n) is 6.72. The fraction of sp³-hybridized carbons (Fsp3) is 0.368. The van der Waals surface area contributed by atoms with Crippen LogP contribution < -0.4 is 4.90 Å². The van der Waals surface area contributed by atoms with Crippen molar-refractivity contribution in [1.82, 2.24) is 9.47 Å². The van der Waals surface area contributed by atoms with Gasteiger partial charge in [0.2, 0.25) is 11.8 Å². The minimum absolute atomic E-state index is 0.0198. The number of anilines is 1. The predicted molar refractivity (Wildman–Crippen MR) is 96.5 cm³/mol. The Hall–Kier alpha value is -2.27. The second kappa shape index (κ2) is 6.23. The molecule has 0 aliphatic carbocycles. The Balaban J connectivity index is 1.51. The Bertz CT molecular complexity index is 832. The maximum atomic E-state index is 13.0. The molecule has 2 unspecified atom stereocenters. The summed E-state index contributed by atoms with van der Waals surface area (Å²) in [6.45, 7) is 3.96. The molecule has 1 saturated heterocycles. The van der Waals surface area contributed by atoms with E-state index in [-0.39, 0.29) is 30.2 Å². The van der Waals surface area contributed by atoms with Crippen molar-refractivity contribution in [1.29, 1.82) is 0 Å². The Kier molecular flexibility index (Phi) is 4.04. The summed E-state index contributed by atoms with van der Waals surface area (Å²) >= 11 is 6.03. The molecule has 130 valence electrons. The third kappa shape index (κ3) is 2.82. The van der Waals surface area contributed by atoms with E-state index in [4.69, 9.17) is 11.6 Å². The molecule has 0 saturated carbocycles. The van der Waals surface area contributed by atoms with Crippen LogP contribution in [0.3, 0.4) is 0 Å². The molecule has 2 aliphatic rings. The summed E-state index contributed by atoms with van der Waals surface area (Å²) < 4.78 is 2.19. The van der Waals surface area contributed by atoms with Crippen LogP contribution in [0.2, 0.25) is 5.02 Å². The summed E-state index contributed by atoms with van der Waals surface area (Å²) in [6, 6.07) is 11.3. The van der Waals surface area contributed by atoms with Crippen molar-refractivity contribution in [3.63, 3.8) is 0 Å². The zero-order chi connectivity index (χ0) is 17.6. The van der Waals surface area contributed by atoms with Gasteiger partial charge >= 0.3 is 0 Å². The van der Waals surface area contributed by atoms with Gasteiger partial charge in [-0.15, -0.1) is 0 Å². The van der Waals surface area contributed by atoms with Gasteiger partial charge in [0.05, 0.1) is 12.0 Å². The van der Waals surface area contributed by atoms with E-state index in [2.05, 4.69) is 17.6 Å². The number of rotatable bonds is 2. The van der Waals surface area contributed by atoms with E-state index < -0.39 is 0 Å². The molecular formula is C19H20ClN3O2. The van der Waals surface area contributed by atoms with Gasteiger partial charge in [-0.2, -0.15) is 0 Å². The quantitative estimate of drug-likeness (QED) is 0.829. The van der Waals surface area contributed by atoms with Crippen LogP contribution >= 0.6 is 11.6 Å². The maximum Gasteiger partial charge on any atom is 0.228 e. The number of carbonyl (C=O) groups excluding carboxylic acids is 2. The van der Waals surface area contributed by atoms with Crippen LogP contribution in [0.1, 0.15) is 25.1 Å². The van der Waals surface area contributed by atoms with E-state index in [9.17, 15) is 9.59 Å². The lowest BCUT2D eigenvalue weighted by Crippen LogP contribution is -2.44. The van der Waals surface area contributed by atoms with Crippen molar-refractivity contribution in [3.8, 4) is 0 Å². The van der Waals surface area contributed by atoms with Crippen LogP contribution in [0, 0.1) is 5.92 Å². The summed E-state index contributed by atoms with van der Waals surface area (Å²) in [6.07, 6.45) is 2.31. The number of nitrogens with zero attached hydrogens (tertiary/aromatic N) is 3. The number of amides is 2. The van der Waals surface area contributed by atoms with Crippen LogP contribution in [-0.2, 0) is 16.1 Å². The standard InChI is InChI=1S/C19H20ClN3O2/c1-13-17-6-3-7-21(17)8-9-22(13)19(25)14-10-18(24)23(12-14)16-5-2-4-15(20)11-16/h2-7,11,13-14H,8-10,12H2,1H3. The summed E-state index contributed by atoms with van der Waals surface area (Å²) in [7, 11) is 0. The van der Waals surface area contributed by atoms with Crippen molar-refractivity contribution in [3.05, 3.63) is 53.3 Å². The minimum atomic E-state index is -0.296. The number of hydrogen-bond acceptors (Lipinski definition) is 2. The van der Waals surface area contributed by atoms with Crippen molar-refractivity contribution in [2.75, 3.05) is 18.0 Å². The summed E-state index contributed by atoms with van der Waals surface area (Å²) in [5, 5.41) is 0.588. The van der Waals surface area contributed by atoms with Gasteiger partial charge in [0.25, 0.3) is 0 Å². The highest BCUT2D eigenvalue weighted by atomic mass is 35.5. The van der Waals surface area contributed by atoms with Crippen LogP contribution in [0.15, 0.2) is 42.6 Å². The zero-order valence-corrected chi connectivity index (χ0v) is 14.8. The maximum absolute atomic E-state index is 13.0. The summed E-state index contributed by atoms with van der Waals surface area (Å²) in [4.78, 5) is 29.1. The molecule has 0 N–H and O–H groups in total. The van der Waals surface area contributed by atoms with Crippen molar-refractivity contribution >= 4 is 29.1 Å². The van der Waals surface area contributed by atoms with Gasteiger partial charge in [-0.3, -0.25) is 9.59 Å². The average Bonchev–Trinajstić information content (AvgIpc) is 3.21. The van der Waals surface area contributed by atoms with Gasteiger partial charge in [0, 0.05) is 48.7 Å². The zero-order valence-electron chi connectivity index (χ0n) is 14.1. The molecule has 25 heavy (non-hydrogen) atoms. The topological polar surface area (TPSA) is 45.6 Å². The average molecular weight is 358 g/mol. The SMILES string of the molecule is CC1c2cccn2CCN1C(=O)C1CC(=O)N(c2cccc(Cl)c2)C1. The van der Waals surface area contributed by atoms with Crippen LogP contribution in [0.25, 0.3) is 0 Å².